The monoisotopic (exact) mass is 490 g/mol. The van der Waals surface area contributed by atoms with E-state index in [1.165, 1.54) is 24.3 Å². The van der Waals surface area contributed by atoms with Crippen molar-refractivity contribution in [2.75, 3.05) is 24.1 Å². The minimum atomic E-state index is -0.727. The molecular weight excluding hydrogens is 467 g/mol. The molecule has 0 aliphatic carbocycles. The summed E-state index contributed by atoms with van der Waals surface area (Å²) in [5.74, 6) is -0.772. The van der Waals surface area contributed by atoms with Crippen LogP contribution < -0.4 is 16.4 Å². The van der Waals surface area contributed by atoms with Crippen molar-refractivity contribution < 1.29 is 19.2 Å². The van der Waals surface area contributed by atoms with Crippen LogP contribution in [-0.2, 0) is 6.54 Å². The molecule has 0 radical (unpaired) electrons. The quantitative estimate of drug-likeness (QED) is 0.193. The van der Waals surface area contributed by atoms with E-state index in [2.05, 4.69) is 15.6 Å². The van der Waals surface area contributed by atoms with Gasteiger partial charge in [0.2, 0.25) is 5.82 Å². The van der Waals surface area contributed by atoms with Crippen LogP contribution in [0.15, 0.2) is 42.7 Å². The Kier molecular flexibility index (Phi) is 8.03. The van der Waals surface area contributed by atoms with E-state index in [0.717, 1.165) is 0 Å². The highest BCUT2D eigenvalue weighted by molar-refractivity contribution is 6.30. The van der Waals surface area contributed by atoms with Crippen LogP contribution in [0.5, 0.6) is 0 Å². The molecule has 0 unspecified atom stereocenters. The van der Waals surface area contributed by atoms with Crippen LogP contribution in [0.1, 0.15) is 23.7 Å². The third-order valence-electron chi connectivity index (χ3n) is 4.90. The number of aliphatic hydroxyl groups is 1. The first kappa shape index (κ1) is 24.9. The largest absolute Gasteiger partial charge is 0.392 e. The third kappa shape index (κ3) is 6.21. The molecule has 0 fully saturated rings. The van der Waals surface area contributed by atoms with Crippen LogP contribution >= 0.6 is 11.6 Å². The molecule has 2 aromatic heterocycles. The summed E-state index contributed by atoms with van der Waals surface area (Å²) in [6, 6.07) is 6.98. The molecule has 0 saturated carbocycles. The van der Waals surface area contributed by atoms with Crippen LogP contribution in [0.3, 0.4) is 0 Å². The van der Waals surface area contributed by atoms with E-state index in [9.17, 15) is 24.4 Å². The van der Waals surface area contributed by atoms with Crippen molar-refractivity contribution in [1.82, 2.24) is 14.9 Å². The van der Waals surface area contributed by atoms with Gasteiger partial charge in [-0.15, -0.1) is 0 Å². The first-order chi connectivity index (χ1) is 16.2. The Morgan fingerprint density at radius 2 is 2.09 bits per heavy atom. The lowest BCUT2D eigenvalue weighted by Gasteiger charge is -2.08. The Morgan fingerprint density at radius 3 is 2.74 bits per heavy atom. The molecule has 3 rings (SSSR count). The maximum atomic E-state index is 14.6. The lowest BCUT2D eigenvalue weighted by molar-refractivity contribution is -0.384. The number of hydrogen-bond donors (Lipinski definition) is 4. The molecule has 34 heavy (non-hydrogen) atoms. The van der Waals surface area contributed by atoms with Crippen LogP contribution in [0.25, 0.3) is 11.1 Å². The second-order valence-corrected chi connectivity index (χ2v) is 8.08. The van der Waals surface area contributed by atoms with Crippen LogP contribution in [-0.4, -0.2) is 44.7 Å². The van der Waals surface area contributed by atoms with Crippen molar-refractivity contribution in [3.8, 4) is 11.1 Å². The second-order valence-electron chi connectivity index (χ2n) is 7.64. The van der Waals surface area contributed by atoms with Gasteiger partial charge < -0.3 is 26.0 Å². The molecular formula is C22H24ClFN6O4. The minimum Gasteiger partial charge on any atom is -0.392 e. The number of amides is 1. The third-order valence-corrected chi connectivity index (χ3v) is 5.14. The summed E-state index contributed by atoms with van der Waals surface area (Å²) in [5, 5.41) is 26.2. The van der Waals surface area contributed by atoms with Crippen molar-refractivity contribution >= 4 is 34.8 Å². The number of aryl methyl sites for hydroxylation is 1. The Labute approximate surface area is 199 Å². The van der Waals surface area contributed by atoms with E-state index in [1.54, 1.807) is 30.0 Å². The number of nitrogens with one attached hydrogen (secondary N) is 2. The van der Waals surface area contributed by atoms with Gasteiger partial charge in [0.25, 0.3) is 5.91 Å². The smallest absolute Gasteiger partial charge is 0.311 e. The molecule has 1 atom stereocenters. The molecule has 0 aliphatic rings. The number of nitro groups is 1. The predicted octanol–water partition coefficient (Wildman–Crippen LogP) is 3.45. The molecule has 0 aliphatic heterocycles. The number of aliphatic hydroxyl groups excluding tert-OH is 1. The Balaban J connectivity index is 1.72. The summed E-state index contributed by atoms with van der Waals surface area (Å²) in [6.45, 7) is 2.56. The highest BCUT2D eigenvalue weighted by atomic mass is 35.5. The highest BCUT2D eigenvalue weighted by Crippen LogP contribution is 2.29. The number of anilines is 2. The average molecular weight is 491 g/mol. The lowest BCUT2D eigenvalue weighted by atomic mass is 10.0. The molecule has 2 heterocycles. The van der Waals surface area contributed by atoms with Crippen molar-refractivity contribution in [1.29, 1.82) is 0 Å². The Bertz CT molecular complexity index is 1200. The SMILES string of the molecule is C[C@H](O)CNC(=O)c1cn(CCCNc2ccc([N+](=O)[O-])c(N)n2)cc1-c1ccc(Cl)cc1F. The van der Waals surface area contributed by atoms with Gasteiger partial charge in [-0.3, -0.25) is 14.9 Å². The molecule has 3 aromatic rings. The van der Waals surface area contributed by atoms with E-state index in [0.29, 0.717) is 30.9 Å². The molecule has 1 amide bonds. The lowest BCUT2D eigenvalue weighted by Crippen LogP contribution is -2.30. The summed E-state index contributed by atoms with van der Waals surface area (Å²) < 4.78 is 16.3. The normalized spacial score (nSPS) is 11.8. The van der Waals surface area contributed by atoms with Gasteiger partial charge in [-0.25, -0.2) is 9.37 Å². The van der Waals surface area contributed by atoms with Crippen LogP contribution in [0.4, 0.5) is 21.7 Å². The minimum absolute atomic E-state index is 0.0574. The molecule has 0 spiro atoms. The number of carbonyl (C=O) groups is 1. The standard InChI is InChI=1S/C22H24ClFN6O4/c1-13(31)10-27-22(32)17-12-29(11-16(17)15-4-3-14(23)9-18(15)24)8-2-7-26-20-6-5-19(30(33)34)21(25)28-20/h3-6,9,11-13,31H,2,7-8,10H2,1H3,(H,27,32)(H3,25,26,28)/t13-/m0/s1. The zero-order chi connectivity index (χ0) is 24.8. The number of rotatable bonds is 10. The number of halogens is 2. The molecule has 0 saturated heterocycles. The summed E-state index contributed by atoms with van der Waals surface area (Å²) in [5.41, 5.74) is 6.23. The van der Waals surface area contributed by atoms with Gasteiger partial charge in [0.05, 0.1) is 16.6 Å². The zero-order valence-electron chi connectivity index (χ0n) is 18.3. The van der Waals surface area contributed by atoms with Crippen molar-refractivity contribution in [3.05, 3.63) is 69.2 Å². The number of hydrogen-bond acceptors (Lipinski definition) is 7. The van der Waals surface area contributed by atoms with Crippen molar-refractivity contribution in [3.63, 3.8) is 0 Å². The predicted molar refractivity (Wildman–Crippen MR) is 127 cm³/mol. The van der Waals surface area contributed by atoms with Crippen LogP contribution in [0.2, 0.25) is 5.02 Å². The van der Waals surface area contributed by atoms with Gasteiger partial charge in [-0.1, -0.05) is 11.6 Å². The summed E-state index contributed by atoms with van der Waals surface area (Å²) in [4.78, 5) is 26.9. The van der Waals surface area contributed by atoms with Gasteiger partial charge in [-0.2, -0.15) is 0 Å². The summed E-state index contributed by atoms with van der Waals surface area (Å²) in [6.07, 6.45) is 3.16. The summed E-state index contributed by atoms with van der Waals surface area (Å²) in [7, 11) is 0. The molecule has 180 valence electrons. The number of nitrogen functional groups attached to an aromatic ring is 1. The molecule has 1 aromatic carbocycles. The van der Waals surface area contributed by atoms with Crippen LogP contribution in [0, 0.1) is 15.9 Å². The first-order valence-corrected chi connectivity index (χ1v) is 10.8. The second kappa shape index (κ2) is 10.9. The van der Waals surface area contributed by atoms with E-state index >= 15 is 0 Å². The van der Waals surface area contributed by atoms with Crippen molar-refractivity contribution in [2.24, 2.45) is 0 Å². The molecule has 12 heteroatoms. The number of carbonyl (C=O) groups excluding carboxylic acids is 1. The fourth-order valence-corrected chi connectivity index (χ4v) is 3.43. The van der Waals surface area contributed by atoms with Gasteiger partial charge in [0.1, 0.15) is 11.6 Å². The van der Waals surface area contributed by atoms with E-state index in [4.69, 9.17) is 17.3 Å². The summed E-state index contributed by atoms with van der Waals surface area (Å²) >= 11 is 5.86. The first-order valence-electron chi connectivity index (χ1n) is 10.4. The highest BCUT2D eigenvalue weighted by Gasteiger charge is 2.19. The number of aromatic nitrogens is 2. The maximum absolute atomic E-state index is 14.6. The fourth-order valence-electron chi connectivity index (χ4n) is 3.27. The van der Waals surface area contributed by atoms with Gasteiger partial charge >= 0.3 is 5.69 Å². The van der Waals surface area contributed by atoms with Gasteiger partial charge in [0, 0.05) is 54.2 Å². The number of benzene rings is 1. The Hall–Kier alpha value is -3.70. The fraction of sp³-hybridized carbons (Fsp3) is 0.273. The molecule has 0 bridgehead atoms. The molecule has 5 N–H and O–H groups in total. The molecule has 10 nitrogen and oxygen atoms in total. The van der Waals surface area contributed by atoms with E-state index < -0.39 is 22.8 Å². The zero-order valence-corrected chi connectivity index (χ0v) is 19.1. The Morgan fingerprint density at radius 1 is 1.32 bits per heavy atom. The van der Waals surface area contributed by atoms with Crippen molar-refractivity contribution in [2.45, 2.75) is 26.0 Å². The maximum Gasteiger partial charge on any atom is 0.311 e. The van der Waals surface area contributed by atoms with E-state index in [-0.39, 0.29) is 34.2 Å². The van der Waals surface area contributed by atoms with E-state index in [1.807, 2.05) is 0 Å². The topological polar surface area (TPSA) is 148 Å². The van der Waals surface area contributed by atoms with Gasteiger partial charge in [0.15, 0.2) is 0 Å². The average Bonchev–Trinajstić information content (AvgIpc) is 3.18. The van der Waals surface area contributed by atoms with Gasteiger partial charge in [-0.05, 0) is 37.6 Å². The number of pyridine rings is 1. The number of nitrogens with zero attached hydrogens (tertiary/aromatic N) is 3. The number of nitrogens with two attached hydrogens (primary N) is 1.